The van der Waals surface area contributed by atoms with Gasteiger partial charge >= 0.3 is 5.97 Å². The molecular formula is C37H58O4. The summed E-state index contributed by atoms with van der Waals surface area (Å²) in [7, 11) is 0. The van der Waals surface area contributed by atoms with Gasteiger partial charge in [0.05, 0.1) is 6.10 Å². The summed E-state index contributed by atoms with van der Waals surface area (Å²) in [5.41, 5.74) is 2.49. The molecule has 0 saturated heterocycles. The number of hydrogen-bond acceptors (Lipinski definition) is 4. The first-order valence-corrected chi connectivity index (χ1v) is 17.5. The number of fused-ring (bicyclic) bond motifs is 5. The van der Waals surface area contributed by atoms with Gasteiger partial charge in [-0.3, -0.25) is 4.79 Å². The van der Waals surface area contributed by atoms with E-state index in [4.69, 9.17) is 4.74 Å². The molecule has 1 aromatic rings. The molecule has 2 fully saturated rings. The molecule has 3 aliphatic carbocycles. The maximum Gasteiger partial charge on any atom is 0.311 e. The average molecular weight is 567 g/mol. The molecule has 0 spiro atoms. The van der Waals surface area contributed by atoms with Crippen LogP contribution in [0, 0.1) is 17.8 Å². The van der Waals surface area contributed by atoms with Crippen molar-refractivity contribution in [2.24, 2.45) is 17.8 Å². The fourth-order valence-corrected chi connectivity index (χ4v) is 8.16. The van der Waals surface area contributed by atoms with E-state index in [0.29, 0.717) is 35.8 Å². The molecule has 0 bridgehead atoms. The Morgan fingerprint density at radius 3 is 2.12 bits per heavy atom. The number of allylic oxidation sites excluding steroid dienone is 2. The van der Waals surface area contributed by atoms with E-state index in [1.807, 2.05) is 12.1 Å². The van der Waals surface area contributed by atoms with E-state index in [9.17, 15) is 15.0 Å². The first-order chi connectivity index (χ1) is 20.1. The number of carbonyl (C=O) groups is 1. The van der Waals surface area contributed by atoms with Crippen LogP contribution in [0.1, 0.15) is 159 Å². The van der Waals surface area contributed by atoms with Crippen LogP contribution in [0.15, 0.2) is 24.3 Å². The lowest BCUT2D eigenvalue weighted by Crippen LogP contribution is -2.36. The van der Waals surface area contributed by atoms with Crippen molar-refractivity contribution in [2.75, 3.05) is 0 Å². The maximum atomic E-state index is 12.5. The van der Waals surface area contributed by atoms with Crippen molar-refractivity contribution in [3.05, 3.63) is 35.4 Å². The average Bonchev–Trinajstić information content (AvgIpc) is 3.35. The molecule has 3 aliphatic rings. The molecule has 41 heavy (non-hydrogen) atoms. The van der Waals surface area contributed by atoms with Crippen LogP contribution in [-0.2, 0) is 11.2 Å². The summed E-state index contributed by atoms with van der Waals surface area (Å²) >= 11 is 0. The molecular weight excluding hydrogens is 508 g/mol. The Morgan fingerprint density at radius 2 is 1.41 bits per heavy atom. The minimum absolute atomic E-state index is 0.101. The molecule has 0 aliphatic heterocycles. The summed E-state index contributed by atoms with van der Waals surface area (Å²) in [5.74, 6) is 2.37. The number of phenols is 1. The molecule has 4 nitrogen and oxygen atoms in total. The third-order valence-corrected chi connectivity index (χ3v) is 10.5. The smallest absolute Gasteiger partial charge is 0.311 e. The second-order valence-electron chi connectivity index (χ2n) is 13.4. The number of aromatic hydroxyl groups is 1. The van der Waals surface area contributed by atoms with E-state index in [1.165, 1.54) is 94.6 Å². The number of esters is 1. The molecule has 230 valence electrons. The van der Waals surface area contributed by atoms with E-state index in [0.717, 1.165) is 51.4 Å². The van der Waals surface area contributed by atoms with Crippen LogP contribution >= 0.6 is 0 Å². The van der Waals surface area contributed by atoms with Gasteiger partial charge in [-0.15, -0.1) is 0 Å². The molecule has 5 atom stereocenters. The van der Waals surface area contributed by atoms with Gasteiger partial charge in [0, 0.05) is 6.42 Å². The van der Waals surface area contributed by atoms with Crippen LogP contribution in [0.3, 0.4) is 0 Å². The SMILES string of the molecule is CCCCCCCC/C=C\CCCCCCCCCC(=O)Oc1cc2c(cc1O)C1CCC3C(O)CCC3C1CC2. The number of aryl methyl sites for hydroxylation is 1. The van der Waals surface area contributed by atoms with E-state index >= 15 is 0 Å². The van der Waals surface area contributed by atoms with Gasteiger partial charge in [0.1, 0.15) is 0 Å². The lowest BCUT2D eigenvalue weighted by Gasteiger charge is -2.44. The lowest BCUT2D eigenvalue weighted by molar-refractivity contribution is -0.134. The van der Waals surface area contributed by atoms with Gasteiger partial charge in [-0.2, -0.15) is 0 Å². The zero-order chi connectivity index (χ0) is 28.9. The van der Waals surface area contributed by atoms with Crippen LogP contribution in [0.25, 0.3) is 0 Å². The number of hydrogen-bond donors (Lipinski definition) is 2. The molecule has 1 aromatic carbocycles. The molecule has 2 N–H and O–H groups in total. The molecule has 0 amide bonds. The molecule has 0 radical (unpaired) electrons. The van der Waals surface area contributed by atoms with Crippen molar-refractivity contribution in [3.63, 3.8) is 0 Å². The number of benzene rings is 1. The van der Waals surface area contributed by atoms with Gasteiger partial charge in [0.15, 0.2) is 11.5 Å². The Balaban J connectivity index is 1.05. The summed E-state index contributed by atoms with van der Waals surface area (Å²) in [5, 5.41) is 21.1. The summed E-state index contributed by atoms with van der Waals surface area (Å²) in [6.07, 6.45) is 30.3. The minimum Gasteiger partial charge on any atom is -0.504 e. The summed E-state index contributed by atoms with van der Waals surface area (Å²) < 4.78 is 5.63. The molecule has 0 aromatic heterocycles. The second-order valence-corrected chi connectivity index (χ2v) is 13.4. The third-order valence-electron chi connectivity index (χ3n) is 10.5. The van der Waals surface area contributed by atoms with Crippen LogP contribution in [-0.4, -0.2) is 22.3 Å². The van der Waals surface area contributed by atoms with Gasteiger partial charge in [0.2, 0.25) is 0 Å². The molecule has 4 rings (SSSR count). The summed E-state index contributed by atoms with van der Waals surface area (Å²) in [4.78, 5) is 12.5. The normalized spacial score (nSPS) is 25.2. The van der Waals surface area contributed by atoms with Gasteiger partial charge in [0.25, 0.3) is 0 Å². The van der Waals surface area contributed by atoms with E-state index in [1.54, 1.807) is 0 Å². The van der Waals surface area contributed by atoms with Crippen LogP contribution in [0.5, 0.6) is 11.5 Å². The van der Waals surface area contributed by atoms with E-state index in [-0.39, 0.29) is 17.8 Å². The topological polar surface area (TPSA) is 66.8 Å². The summed E-state index contributed by atoms with van der Waals surface area (Å²) in [6, 6.07) is 3.81. The van der Waals surface area contributed by atoms with E-state index < -0.39 is 0 Å². The Morgan fingerprint density at radius 1 is 0.780 bits per heavy atom. The standard InChI is InChI=1S/C37H58O4/c1-2-3-4-5-6-7-8-9-10-11-12-13-14-15-16-17-18-19-37(40)41-36-26-28-20-21-29-30-24-25-34(38)32(30)23-22-31(29)33(28)27-35(36)39/h9-10,26-27,29-32,34,38-39H,2-8,11-25H2,1H3/b10-9-. The van der Waals surface area contributed by atoms with Gasteiger partial charge in [-0.25, -0.2) is 0 Å². The van der Waals surface area contributed by atoms with Crippen LogP contribution < -0.4 is 4.74 Å². The quantitative estimate of drug-likeness (QED) is 0.0803. The third kappa shape index (κ3) is 9.60. The van der Waals surface area contributed by atoms with Gasteiger partial charge in [-0.1, -0.05) is 83.3 Å². The zero-order valence-electron chi connectivity index (χ0n) is 26.0. The highest BCUT2D eigenvalue weighted by Crippen LogP contribution is 2.56. The van der Waals surface area contributed by atoms with Crippen molar-refractivity contribution < 1.29 is 19.7 Å². The van der Waals surface area contributed by atoms with Crippen LogP contribution in [0.4, 0.5) is 0 Å². The molecule has 2 saturated carbocycles. The Bertz CT molecular complexity index is 953. The number of unbranched alkanes of at least 4 members (excludes halogenated alkanes) is 13. The number of aliphatic hydroxyl groups is 1. The lowest BCUT2D eigenvalue weighted by atomic mass is 9.60. The monoisotopic (exact) mass is 566 g/mol. The molecule has 0 heterocycles. The summed E-state index contributed by atoms with van der Waals surface area (Å²) in [6.45, 7) is 2.27. The van der Waals surface area contributed by atoms with Crippen molar-refractivity contribution in [3.8, 4) is 11.5 Å². The first kappa shape index (κ1) is 32.1. The van der Waals surface area contributed by atoms with Crippen molar-refractivity contribution in [1.29, 1.82) is 0 Å². The first-order valence-electron chi connectivity index (χ1n) is 17.5. The number of phenolic OH excluding ortho intramolecular Hbond substituents is 1. The van der Waals surface area contributed by atoms with Gasteiger partial charge in [-0.05, 0) is 118 Å². The van der Waals surface area contributed by atoms with E-state index in [2.05, 4.69) is 19.1 Å². The predicted molar refractivity (Wildman–Crippen MR) is 168 cm³/mol. The largest absolute Gasteiger partial charge is 0.504 e. The van der Waals surface area contributed by atoms with Crippen molar-refractivity contribution in [2.45, 2.75) is 160 Å². The predicted octanol–water partition coefficient (Wildman–Crippen LogP) is 9.94. The van der Waals surface area contributed by atoms with Crippen LogP contribution in [0.2, 0.25) is 0 Å². The fourth-order valence-electron chi connectivity index (χ4n) is 8.16. The Hall–Kier alpha value is -1.81. The zero-order valence-corrected chi connectivity index (χ0v) is 26.0. The molecule has 4 heteroatoms. The number of aliphatic hydroxyl groups excluding tert-OH is 1. The number of ether oxygens (including phenoxy) is 1. The second kappa shape index (κ2) is 17.3. The fraction of sp³-hybridized carbons (Fsp3) is 0.757. The minimum atomic E-state index is -0.234. The molecule has 5 unspecified atom stereocenters. The highest BCUT2D eigenvalue weighted by Gasteiger charge is 2.47. The van der Waals surface area contributed by atoms with Gasteiger partial charge < -0.3 is 14.9 Å². The maximum absolute atomic E-state index is 12.5. The number of carbonyl (C=O) groups excluding carboxylic acids is 1. The highest BCUT2D eigenvalue weighted by atomic mass is 16.5. The van der Waals surface area contributed by atoms with Crippen molar-refractivity contribution >= 4 is 5.97 Å². The highest BCUT2D eigenvalue weighted by molar-refractivity contribution is 5.73. The number of rotatable bonds is 18. The van der Waals surface area contributed by atoms with Crippen molar-refractivity contribution in [1.82, 2.24) is 0 Å². The Labute approximate surface area is 250 Å². The Kier molecular flexibility index (Phi) is 13.6.